The molecule has 2 aromatic heterocycles. The van der Waals surface area contributed by atoms with E-state index >= 15 is 0 Å². The van der Waals surface area contributed by atoms with Crippen LogP contribution in [-0.4, -0.2) is 36.3 Å². The number of hydrogen-bond donors (Lipinski definition) is 1. The summed E-state index contributed by atoms with van der Waals surface area (Å²) >= 11 is 0. The minimum atomic E-state index is 0.164. The van der Waals surface area contributed by atoms with Gasteiger partial charge in [-0.2, -0.15) is 0 Å². The maximum absolute atomic E-state index is 5.99. The summed E-state index contributed by atoms with van der Waals surface area (Å²) < 4.78 is 11.3. The summed E-state index contributed by atoms with van der Waals surface area (Å²) in [6.45, 7) is 1.66. The van der Waals surface area contributed by atoms with E-state index in [4.69, 9.17) is 9.47 Å². The van der Waals surface area contributed by atoms with Crippen LogP contribution in [0, 0.1) is 0 Å². The molecule has 4 rings (SSSR count). The van der Waals surface area contributed by atoms with Gasteiger partial charge in [-0.15, -0.1) is 0 Å². The van der Waals surface area contributed by atoms with Crippen molar-refractivity contribution in [3.8, 4) is 11.5 Å². The van der Waals surface area contributed by atoms with E-state index in [9.17, 15) is 0 Å². The summed E-state index contributed by atoms with van der Waals surface area (Å²) in [6.07, 6.45) is 2.07. The fraction of sp³-hybridized carbons (Fsp3) is 0.235. The second-order valence-corrected chi connectivity index (χ2v) is 5.38. The van der Waals surface area contributed by atoms with Gasteiger partial charge in [0.25, 0.3) is 0 Å². The third-order valence-corrected chi connectivity index (χ3v) is 3.93. The Morgan fingerprint density at radius 1 is 1.09 bits per heavy atom. The number of para-hydroxylation sites is 2. The molecule has 0 spiro atoms. The smallest absolute Gasteiger partial charge is 0.161 e. The molecule has 0 unspecified atom stereocenters. The van der Waals surface area contributed by atoms with Crippen LogP contribution >= 0.6 is 0 Å². The Morgan fingerprint density at radius 3 is 2.73 bits per heavy atom. The molecular formula is C17H17N3O2. The normalized spacial score (nSPS) is 14.9. The summed E-state index contributed by atoms with van der Waals surface area (Å²) in [5.74, 6) is 2.55. The molecule has 0 atom stereocenters. The number of methoxy groups -OCH3 is 1. The largest absolute Gasteiger partial charge is 0.493 e. The minimum Gasteiger partial charge on any atom is -0.493 e. The van der Waals surface area contributed by atoms with Crippen molar-refractivity contribution in [1.29, 1.82) is 0 Å². The van der Waals surface area contributed by atoms with Crippen molar-refractivity contribution >= 4 is 16.9 Å². The van der Waals surface area contributed by atoms with Crippen LogP contribution in [0.5, 0.6) is 11.5 Å². The first-order valence-corrected chi connectivity index (χ1v) is 7.32. The Bertz CT molecular complexity index is 793. The predicted molar refractivity (Wildman–Crippen MR) is 85.7 cm³/mol. The van der Waals surface area contributed by atoms with E-state index < -0.39 is 0 Å². The Morgan fingerprint density at radius 2 is 1.91 bits per heavy atom. The molecule has 5 heteroatoms. The zero-order chi connectivity index (χ0) is 14.9. The molecule has 3 heterocycles. The molecule has 0 radical (unpaired) electrons. The lowest BCUT2D eigenvalue weighted by atomic mass is 10.1. The number of nitrogens with zero attached hydrogens (tertiary/aromatic N) is 2. The third kappa shape index (κ3) is 2.24. The summed E-state index contributed by atoms with van der Waals surface area (Å²) in [5.41, 5.74) is 0.923. The number of nitrogens with one attached hydrogen (secondary N) is 1. The fourth-order valence-electron chi connectivity index (χ4n) is 2.69. The van der Waals surface area contributed by atoms with Crippen molar-refractivity contribution < 1.29 is 9.47 Å². The highest BCUT2D eigenvalue weighted by Crippen LogP contribution is 2.30. The zero-order valence-electron chi connectivity index (χ0n) is 12.3. The highest BCUT2D eigenvalue weighted by Gasteiger charge is 2.30. The lowest BCUT2D eigenvalue weighted by Gasteiger charge is -2.39. The standard InChI is InChI=1S/C17H17N3O2/c1-21-14-4-2-3-5-15(14)22-13-10-20(11-13)16-7-6-12-8-9-18-17(12)19-16/h2-9,13H,10-11H2,1H3,(H,18,19). The Labute approximate surface area is 128 Å². The van der Waals surface area contributed by atoms with E-state index in [1.54, 1.807) is 7.11 Å². The van der Waals surface area contributed by atoms with Crippen molar-refractivity contribution in [1.82, 2.24) is 9.97 Å². The van der Waals surface area contributed by atoms with E-state index in [-0.39, 0.29) is 6.10 Å². The first kappa shape index (κ1) is 13.0. The van der Waals surface area contributed by atoms with Crippen LogP contribution in [0.25, 0.3) is 11.0 Å². The lowest BCUT2D eigenvalue weighted by Crippen LogP contribution is -2.54. The topological polar surface area (TPSA) is 50.4 Å². The van der Waals surface area contributed by atoms with Gasteiger partial charge in [-0.3, -0.25) is 0 Å². The molecule has 1 N–H and O–H groups in total. The molecule has 0 amide bonds. The second-order valence-electron chi connectivity index (χ2n) is 5.38. The minimum absolute atomic E-state index is 0.164. The average molecular weight is 295 g/mol. The van der Waals surface area contributed by atoms with Crippen LogP contribution in [0.1, 0.15) is 0 Å². The molecule has 22 heavy (non-hydrogen) atoms. The van der Waals surface area contributed by atoms with Crippen LogP contribution in [0.2, 0.25) is 0 Å². The van der Waals surface area contributed by atoms with Gasteiger partial charge in [0.1, 0.15) is 17.6 Å². The van der Waals surface area contributed by atoms with Crippen LogP contribution < -0.4 is 14.4 Å². The first-order valence-electron chi connectivity index (χ1n) is 7.32. The van der Waals surface area contributed by atoms with Gasteiger partial charge in [0.2, 0.25) is 0 Å². The summed E-state index contributed by atoms with van der Waals surface area (Å²) in [4.78, 5) is 9.97. The molecule has 0 bridgehead atoms. The summed E-state index contributed by atoms with van der Waals surface area (Å²) in [7, 11) is 1.66. The van der Waals surface area contributed by atoms with Gasteiger partial charge >= 0.3 is 0 Å². The van der Waals surface area contributed by atoms with Gasteiger partial charge in [0, 0.05) is 11.6 Å². The molecule has 112 valence electrons. The highest BCUT2D eigenvalue weighted by molar-refractivity contribution is 5.77. The highest BCUT2D eigenvalue weighted by atomic mass is 16.5. The van der Waals surface area contributed by atoms with Crippen molar-refractivity contribution in [3.05, 3.63) is 48.7 Å². The van der Waals surface area contributed by atoms with E-state index in [2.05, 4.69) is 27.0 Å². The van der Waals surface area contributed by atoms with Crippen molar-refractivity contribution in [3.63, 3.8) is 0 Å². The molecule has 1 aliphatic heterocycles. The molecule has 1 aliphatic rings. The first-order chi connectivity index (χ1) is 10.8. The van der Waals surface area contributed by atoms with Crippen LogP contribution in [0.4, 0.5) is 5.82 Å². The molecule has 3 aromatic rings. The van der Waals surface area contributed by atoms with Crippen molar-refractivity contribution in [2.45, 2.75) is 6.10 Å². The number of benzene rings is 1. The Balaban J connectivity index is 1.43. The molecule has 1 fully saturated rings. The van der Waals surface area contributed by atoms with Crippen LogP contribution in [0.15, 0.2) is 48.7 Å². The van der Waals surface area contributed by atoms with Crippen LogP contribution in [0.3, 0.4) is 0 Å². The third-order valence-electron chi connectivity index (χ3n) is 3.93. The van der Waals surface area contributed by atoms with Gasteiger partial charge in [0.15, 0.2) is 11.5 Å². The fourth-order valence-corrected chi connectivity index (χ4v) is 2.69. The van der Waals surface area contributed by atoms with Gasteiger partial charge in [0.05, 0.1) is 20.2 Å². The number of anilines is 1. The van der Waals surface area contributed by atoms with Crippen molar-refractivity contribution in [2.24, 2.45) is 0 Å². The molecular weight excluding hydrogens is 278 g/mol. The van der Waals surface area contributed by atoms with Crippen LogP contribution in [-0.2, 0) is 0 Å². The number of fused-ring (bicyclic) bond motifs is 1. The number of pyridine rings is 1. The molecule has 1 saturated heterocycles. The Hall–Kier alpha value is -2.69. The lowest BCUT2D eigenvalue weighted by molar-refractivity contribution is 0.161. The summed E-state index contributed by atoms with van der Waals surface area (Å²) in [5, 5.41) is 1.13. The number of H-pyrrole nitrogens is 1. The molecule has 0 saturated carbocycles. The molecule has 0 aliphatic carbocycles. The monoisotopic (exact) mass is 295 g/mol. The average Bonchev–Trinajstić information content (AvgIpc) is 2.98. The van der Waals surface area contributed by atoms with E-state index in [0.29, 0.717) is 0 Å². The van der Waals surface area contributed by atoms with Gasteiger partial charge in [-0.05, 0) is 30.3 Å². The number of hydrogen-bond acceptors (Lipinski definition) is 4. The molecule has 1 aromatic carbocycles. The SMILES string of the molecule is COc1ccccc1OC1CN(c2ccc3cc[nH]c3n2)C1. The van der Waals surface area contributed by atoms with E-state index in [1.807, 2.05) is 36.5 Å². The number of rotatable bonds is 4. The number of aromatic nitrogens is 2. The maximum atomic E-state index is 5.99. The number of ether oxygens (including phenoxy) is 2. The maximum Gasteiger partial charge on any atom is 0.161 e. The summed E-state index contributed by atoms with van der Waals surface area (Å²) in [6, 6.07) is 13.9. The predicted octanol–water partition coefficient (Wildman–Crippen LogP) is 2.84. The molecule has 5 nitrogen and oxygen atoms in total. The quantitative estimate of drug-likeness (QED) is 0.804. The van der Waals surface area contributed by atoms with E-state index in [0.717, 1.165) is 41.4 Å². The van der Waals surface area contributed by atoms with Gasteiger partial charge in [-0.1, -0.05) is 12.1 Å². The zero-order valence-corrected chi connectivity index (χ0v) is 12.3. The van der Waals surface area contributed by atoms with Gasteiger partial charge in [-0.25, -0.2) is 4.98 Å². The Kier molecular flexibility index (Phi) is 3.11. The van der Waals surface area contributed by atoms with Gasteiger partial charge < -0.3 is 19.4 Å². The second kappa shape index (κ2) is 5.26. The van der Waals surface area contributed by atoms with Crippen molar-refractivity contribution in [2.75, 3.05) is 25.1 Å². The van der Waals surface area contributed by atoms with E-state index in [1.165, 1.54) is 0 Å². The number of aromatic amines is 1.